The van der Waals surface area contributed by atoms with Crippen LogP contribution in [0.1, 0.15) is 22.3 Å². The van der Waals surface area contributed by atoms with Crippen LogP contribution in [0.2, 0.25) is 0 Å². The van der Waals surface area contributed by atoms with Crippen LogP contribution in [0.25, 0.3) is 0 Å². The average Bonchev–Trinajstić information content (AvgIpc) is 2.62. The molecule has 8 heteroatoms. The molecule has 0 unspecified atom stereocenters. The Morgan fingerprint density at radius 3 is 2.38 bits per heavy atom. The number of aliphatic imine (C=N–C) groups is 1. The first-order chi connectivity index (χ1) is 13.7. The van der Waals surface area contributed by atoms with Gasteiger partial charge >= 0.3 is 0 Å². The number of nitrogens with zero attached hydrogens (tertiary/aromatic N) is 2. The molecule has 0 spiro atoms. The van der Waals surface area contributed by atoms with Gasteiger partial charge in [0.25, 0.3) is 0 Å². The van der Waals surface area contributed by atoms with Crippen LogP contribution >= 0.6 is 0 Å². The molecule has 0 radical (unpaired) electrons. The predicted octanol–water partition coefficient (Wildman–Crippen LogP) is 2.30. The molecule has 158 valence electrons. The van der Waals surface area contributed by atoms with Gasteiger partial charge in [-0.15, -0.1) is 0 Å². The quantitative estimate of drug-likeness (QED) is 0.506. The van der Waals surface area contributed by atoms with Crippen LogP contribution in [0, 0.1) is 5.82 Å². The molecule has 2 N–H and O–H groups in total. The summed E-state index contributed by atoms with van der Waals surface area (Å²) in [5.74, 6) is 0.0203. The number of nitrogens with one attached hydrogen (secondary N) is 2. The lowest BCUT2D eigenvalue weighted by Crippen LogP contribution is -2.36. The molecule has 0 atom stereocenters. The first kappa shape index (κ1) is 22.8. The maximum Gasteiger partial charge on any atom is 0.191 e. The average molecular weight is 421 g/mol. The van der Waals surface area contributed by atoms with E-state index in [4.69, 9.17) is 0 Å². The highest BCUT2D eigenvalue weighted by Gasteiger charge is 2.11. The summed E-state index contributed by atoms with van der Waals surface area (Å²) in [6, 6.07) is 12.4. The molecule has 0 fully saturated rings. The molecule has 0 heterocycles. The second-order valence-corrected chi connectivity index (χ2v) is 9.46. The molecule has 2 rings (SSSR count). The largest absolute Gasteiger partial charge is 0.352 e. The van der Waals surface area contributed by atoms with Gasteiger partial charge in [0.1, 0.15) is 5.82 Å². The van der Waals surface area contributed by atoms with Gasteiger partial charge in [-0.2, -0.15) is 0 Å². The Labute approximate surface area is 172 Å². The number of sulfone groups is 1. The Morgan fingerprint density at radius 2 is 1.72 bits per heavy atom. The standard InChI is InChI=1S/C21H29FN4O2S/c1-23-21(24-12-16-6-5-7-17(10-16)14-26(2)3)25-13-19-11-20(22)9-8-18(19)15-29(4,27)28/h5-11H,12-15H2,1-4H3,(H2,23,24,25). The monoisotopic (exact) mass is 420 g/mol. The SMILES string of the molecule is CN=C(NCc1cccc(CN(C)C)c1)NCc1cc(F)ccc1CS(C)(=O)=O. The lowest BCUT2D eigenvalue weighted by molar-refractivity contribution is 0.402. The smallest absolute Gasteiger partial charge is 0.191 e. The van der Waals surface area contributed by atoms with Crippen molar-refractivity contribution >= 4 is 15.8 Å². The number of rotatable bonds is 8. The summed E-state index contributed by atoms with van der Waals surface area (Å²) in [5.41, 5.74) is 3.51. The number of benzene rings is 2. The third-order valence-electron chi connectivity index (χ3n) is 4.21. The second-order valence-electron chi connectivity index (χ2n) is 7.32. The Balaban J connectivity index is 2.00. The molecular weight excluding hydrogens is 391 g/mol. The summed E-state index contributed by atoms with van der Waals surface area (Å²) in [5, 5.41) is 6.36. The maximum absolute atomic E-state index is 13.7. The zero-order valence-electron chi connectivity index (χ0n) is 17.4. The lowest BCUT2D eigenvalue weighted by Gasteiger charge is -2.15. The number of halogens is 1. The van der Waals surface area contributed by atoms with E-state index in [-0.39, 0.29) is 12.3 Å². The first-order valence-corrected chi connectivity index (χ1v) is 11.3. The summed E-state index contributed by atoms with van der Waals surface area (Å²) in [6.07, 6.45) is 1.17. The molecule has 2 aromatic carbocycles. The van der Waals surface area contributed by atoms with Gasteiger partial charge in [-0.3, -0.25) is 4.99 Å². The van der Waals surface area contributed by atoms with Gasteiger partial charge in [0, 0.05) is 32.9 Å². The Hall–Kier alpha value is -2.45. The highest BCUT2D eigenvalue weighted by atomic mass is 32.2. The van der Waals surface area contributed by atoms with Crippen LogP contribution in [0.4, 0.5) is 4.39 Å². The maximum atomic E-state index is 13.7. The van der Waals surface area contributed by atoms with Gasteiger partial charge in [0.15, 0.2) is 15.8 Å². The van der Waals surface area contributed by atoms with E-state index < -0.39 is 15.7 Å². The fraction of sp³-hybridized carbons (Fsp3) is 0.381. The zero-order valence-corrected chi connectivity index (χ0v) is 18.2. The fourth-order valence-corrected chi connectivity index (χ4v) is 3.82. The molecule has 6 nitrogen and oxygen atoms in total. The van der Waals surface area contributed by atoms with Crippen molar-refractivity contribution in [3.05, 3.63) is 70.5 Å². The van der Waals surface area contributed by atoms with Gasteiger partial charge in [0.2, 0.25) is 0 Å². The second kappa shape index (κ2) is 10.4. The van der Waals surface area contributed by atoms with Gasteiger partial charge in [0.05, 0.1) is 5.75 Å². The Kier molecular flexibility index (Phi) is 8.16. The molecule has 0 bridgehead atoms. The van der Waals surface area contributed by atoms with Crippen LogP contribution in [0.3, 0.4) is 0 Å². The van der Waals surface area contributed by atoms with Crippen LogP contribution in [-0.2, 0) is 35.2 Å². The van der Waals surface area contributed by atoms with Gasteiger partial charge in [-0.05, 0) is 48.5 Å². The summed E-state index contributed by atoms with van der Waals surface area (Å²) in [4.78, 5) is 6.30. The van der Waals surface area contributed by atoms with E-state index in [0.717, 1.165) is 12.1 Å². The molecule has 29 heavy (non-hydrogen) atoms. The highest BCUT2D eigenvalue weighted by Crippen LogP contribution is 2.14. The van der Waals surface area contributed by atoms with Crippen molar-refractivity contribution in [2.45, 2.75) is 25.4 Å². The van der Waals surface area contributed by atoms with E-state index in [1.807, 2.05) is 26.2 Å². The minimum Gasteiger partial charge on any atom is -0.352 e. The first-order valence-electron chi connectivity index (χ1n) is 9.28. The van der Waals surface area contributed by atoms with Crippen LogP contribution in [0.5, 0.6) is 0 Å². The normalized spacial score (nSPS) is 12.3. The van der Waals surface area contributed by atoms with Crippen LogP contribution in [-0.4, -0.2) is 46.7 Å². The molecule has 0 saturated carbocycles. The van der Waals surface area contributed by atoms with Gasteiger partial charge in [-0.25, -0.2) is 12.8 Å². The van der Waals surface area contributed by atoms with Gasteiger partial charge < -0.3 is 15.5 Å². The van der Waals surface area contributed by atoms with E-state index >= 15 is 0 Å². The molecular formula is C21H29FN4O2S. The molecule has 0 aliphatic heterocycles. The number of guanidine groups is 1. The summed E-state index contributed by atoms with van der Waals surface area (Å²) >= 11 is 0. The molecule has 0 aromatic heterocycles. The van der Waals surface area contributed by atoms with Crippen LogP contribution in [0.15, 0.2) is 47.5 Å². The topological polar surface area (TPSA) is 73.8 Å². The number of hydrogen-bond acceptors (Lipinski definition) is 4. The summed E-state index contributed by atoms with van der Waals surface area (Å²) in [6.45, 7) is 1.72. The fourth-order valence-electron chi connectivity index (χ4n) is 2.97. The lowest BCUT2D eigenvalue weighted by atomic mass is 10.1. The van der Waals surface area contributed by atoms with Crippen molar-refractivity contribution < 1.29 is 12.8 Å². The minimum atomic E-state index is -3.22. The third kappa shape index (κ3) is 8.21. The summed E-state index contributed by atoms with van der Waals surface area (Å²) < 4.78 is 36.9. The Bertz CT molecular complexity index is 959. The van der Waals surface area contributed by atoms with E-state index in [9.17, 15) is 12.8 Å². The Morgan fingerprint density at radius 1 is 1.03 bits per heavy atom. The van der Waals surface area contributed by atoms with Crippen molar-refractivity contribution in [3.8, 4) is 0 Å². The highest BCUT2D eigenvalue weighted by molar-refractivity contribution is 7.89. The van der Waals surface area contributed by atoms with Crippen LogP contribution < -0.4 is 10.6 Å². The van der Waals surface area contributed by atoms with E-state index in [0.29, 0.717) is 23.6 Å². The zero-order chi connectivity index (χ0) is 21.4. The minimum absolute atomic E-state index is 0.130. The van der Waals surface area contributed by atoms with Crippen molar-refractivity contribution in [1.82, 2.24) is 15.5 Å². The molecule has 2 aromatic rings. The van der Waals surface area contributed by atoms with Gasteiger partial charge in [-0.1, -0.05) is 30.3 Å². The van der Waals surface area contributed by atoms with E-state index in [2.05, 4.69) is 32.7 Å². The van der Waals surface area contributed by atoms with Crippen molar-refractivity contribution in [2.24, 2.45) is 4.99 Å². The predicted molar refractivity (Wildman–Crippen MR) is 116 cm³/mol. The number of hydrogen-bond donors (Lipinski definition) is 2. The molecule has 0 aliphatic rings. The van der Waals surface area contributed by atoms with E-state index in [1.54, 1.807) is 7.05 Å². The molecule has 0 saturated heterocycles. The molecule has 0 amide bonds. The van der Waals surface area contributed by atoms with Crippen molar-refractivity contribution in [3.63, 3.8) is 0 Å². The van der Waals surface area contributed by atoms with Crippen molar-refractivity contribution in [1.29, 1.82) is 0 Å². The van der Waals surface area contributed by atoms with Crippen molar-refractivity contribution in [2.75, 3.05) is 27.4 Å². The summed E-state index contributed by atoms with van der Waals surface area (Å²) in [7, 11) is 2.50. The molecule has 0 aliphatic carbocycles. The van der Waals surface area contributed by atoms with E-state index in [1.165, 1.54) is 30.0 Å². The third-order valence-corrected chi connectivity index (χ3v) is 5.04.